The summed E-state index contributed by atoms with van der Waals surface area (Å²) in [5, 5.41) is 12.6. The van der Waals surface area contributed by atoms with E-state index in [-0.39, 0.29) is 12.6 Å². The van der Waals surface area contributed by atoms with Crippen LogP contribution in [0.4, 0.5) is 0 Å². The average molecular weight is 207 g/mol. The van der Waals surface area contributed by atoms with Crippen LogP contribution < -0.4 is 5.32 Å². The second-order valence-electron chi connectivity index (χ2n) is 4.37. The van der Waals surface area contributed by atoms with Crippen molar-refractivity contribution in [3.8, 4) is 0 Å². The normalized spacial score (nSPS) is 13.1. The smallest absolute Gasteiger partial charge is 0.0587 e. The maximum Gasteiger partial charge on any atom is 0.0587 e. The fraction of sp³-hybridized carbons (Fsp3) is 0.538. The minimum absolute atomic E-state index is 0.176. The van der Waals surface area contributed by atoms with Crippen LogP contribution in [0.15, 0.2) is 30.3 Å². The van der Waals surface area contributed by atoms with Crippen molar-refractivity contribution in [1.29, 1.82) is 0 Å². The summed E-state index contributed by atoms with van der Waals surface area (Å²) in [6, 6.07) is 10.5. The maximum atomic E-state index is 9.24. The first-order valence-electron chi connectivity index (χ1n) is 5.60. The largest absolute Gasteiger partial charge is 0.395 e. The fourth-order valence-electron chi connectivity index (χ4n) is 1.50. The lowest BCUT2D eigenvalue weighted by molar-refractivity contribution is 0.238. The van der Waals surface area contributed by atoms with Crippen molar-refractivity contribution in [2.24, 2.45) is 5.92 Å². The summed E-state index contributed by atoms with van der Waals surface area (Å²) >= 11 is 0. The number of benzene rings is 1. The van der Waals surface area contributed by atoms with Gasteiger partial charge in [-0.3, -0.25) is 0 Å². The molecule has 0 saturated heterocycles. The molecule has 0 saturated carbocycles. The van der Waals surface area contributed by atoms with E-state index in [0.717, 1.165) is 13.0 Å². The van der Waals surface area contributed by atoms with Crippen molar-refractivity contribution < 1.29 is 5.11 Å². The molecule has 0 fully saturated rings. The number of hydrogen-bond donors (Lipinski definition) is 2. The molecule has 1 aromatic rings. The summed E-state index contributed by atoms with van der Waals surface area (Å²) < 4.78 is 0. The molecule has 0 aromatic heterocycles. The summed E-state index contributed by atoms with van der Waals surface area (Å²) in [4.78, 5) is 0. The minimum Gasteiger partial charge on any atom is -0.395 e. The first-order valence-corrected chi connectivity index (χ1v) is 5.60. The van der Waals surface area contributed by atoms with Gasteiger partial charge in [0.1, 0.15) is 0 Å². The zero-order valence-corrected chi connectivity index (χ0v) is 9.61. The Morgan fingerprint density at radius 3 is 2.40 bits per heavy atom. The van der Waals surface area contributed by atoms with Gasteiger partial charge in [-0.05, 0) is 24.4 Å². The van der Waals surface area contributed by atoms with Crippen LogP contribution in [0.25, 0.3) is 0 Å². The lowest BCUT2D eigenvalue weighted by Gasteiger charge is -2.17. The average Bonchev–Trinajstić information content (AvgIpc) is 2.25. The Balaban J connectivity index is 2.40. The van der Waals surface area contributed by atoms with Crippen molar-refractivity contribution in [3.05, 3.63) is 35.9 Å². The van der Waals surface area contributed by atoms with Crippen LogP contribution in [0.2, 0.25) is 0 Å². The molecule has 1 atom stereocenters. The van der Waals surface area contributed by atoms with Crippen LogP contribution >= 0.6 is 0 Å². The second kappa shape index (κ2) is 6.59. The molecule has 2 nitrogen and oxygen atoms in total. The molecule has 0 spiro atoms. The van der Waals surface area contributed by atoms with Crippen LogP contribution in [-0.4, -0.2) is 24.3 Å². The molecule has 1 rings (SSSR count). The molecule has 1 unspecified atom stereocenters. The maximum absolute atomic E-state index is 9.24. The molecule has 15 heavy (non-hydrogen) atoms. The number of aliphatic hydroxyl groups excluding tert-OH is 1. The zero-order chi connectivity index (χ0) is 11.1. The Kier molecular flexibility index (Phi) is 5.37. The van der Waals surface area contributed by atoms with E-state index >= 15 is 0 Å². The van der Waals surface area contributed by atoms with Gasteiger partial charge in [0.05, 0.1) is 6.61 Å². The second-order valence-corrected chi connectivity index (χ2v) is 4.37. The summed E-state index contributed by atoms with van der Waals surface area (Å²) in [7, 11) is 0. The number of nitrogens with one attached hydrogen (secondary N) is 1. The Morgan fingerprint density at radius 2 is 1.87 bits per heavy atom. The van der Waals surface area contributed by atoms with Crippen molar-refractivity contribution in [1.82, 2.24) is 5.32 Å². The standard InChI is InChI=1S/C13H21NO/c1-11(2)9-14-13(10-15)8-12-6-4-3-5-7-12/h3-7,11,13-15H,8-10H2,1-2H3. The lowest BCUT2D eigenvalue weighted by atomic mass is 10.1. The van der Waals surface area contributed by atoms with E-state index in [1.807, 2.05) is 18.2 Å². The fourth-order valence-corrected chi connectivity index (χ4v) is 1.50. The Labute approximate surface area is 92.3 Å². The monoisotopic (exact) mass is 207 g/mol. The first kappa shape index (κ1) is 12.2. The van der Waals surface area contributed by atoms with Crippen molar-refractivity contribution in [2.75, 3.05) is 13.2 Å². The van der Waals surface area contributed by atoms with Crippen molar-refractivity contribution in [2.45, 2.75) is 26.3 Å². The number of hydrogen-bond acceptors (Lipinski definition) is 2. The van der Waals surface area contributed by atoms with E-state index in [1.54, 1.807) is 0 Å². The molecule has 0 heterocycles. The zero-order valence-electron chi connectivity index (χ0n) is 9.61. The van der Waals surface area contributed by atoms with E-state index in [2.05, 4.69) is 31.3 Å². The molecule has 0 aliphatic carbocycles. The quantitative estimate of drug-likeness (QED) is 0.746. The number of rotatable bonds is 6. The molecule has 0 aliphatic heterocycles. The van der Waals surface area contributed by atoms with Gasteiger partial charge in [-0.2, -0.15) is 0 Å². The van der Waals surface area contributed by atoms with Crippen LogP contribution in [0.1, 0.15) is 19.4 Å². The topological polar surface area (TPSA) is 32.3 Å². The van der Waals surface area contributed by atoms with Gasteiger partial charge < -0.3 is 10.4 Å². The summed E-state index contributed by atoms with van der Waals surface area (Å²) in [5.41, 5.74) is 1.27. The van der Waals surface area contributed by atoms with E-state index in [1.165, 1.54) is 5.56 Å². The van der Waals surface area contributed by atoms with Crippen LogP contribution in [0.3, 0.4) is 0 Å². The first-order chi connectivity index (χ1) is 7.22. The van der Waals surface area contributed by atoms with Gasteiger partial charge in [0.15, 0.2) is 0 Å². The molecule has 1 aromatic carbocycles. The van der Waals surface area contributed by atoms with Crippen LogP contribution in [-0.2, 0) is 6.42 Å². The molecule has 0 bridgehead atoms. The SMILES string of the molecule is CC(C)CNC(CO)Cc1ccccc1. The van der Waals surface area contributed by atoms with Crippen LogP contribution in [0.5, 0.6) is 0 Å². The molecular weight excluding hydrogens is 186 g/mol. The van der Waals surface area contributed by atoms with Gasteiger partial charge >= 0.3 is 0 Å². The molecule has 2 N–H and O–H groups in total. The van der Waals surface area contributed by atoms with E-state index in [9.17, 15) is 5.11 Å². The third-order valence-corrected chi connectivity index (χ3v) is 2.36. The molecule has 2 heteroatoms. The van der Waals surface area contributed by atoms with E-state index in [4.69, 9.17) is 0 Å². The summed E-state index contributed by atoms with van der Waals surface area (Å²) in [5.74, 6) is 0.620. The minimum atomic E-state index is 0.176. The number of aliphatic hydroxyl groups is 1. The molecule has 84 valence electrons. The van der Waals surface area contributed by atoms with Gasteiger partial charge in [-0.1, -0.05) is 44.2 Å². The van der Waals surface area contributed by atoms with Gasteiger partial charge in [-0.15, -0.1) is 0 Å². The molecule has 0 amide bonds. The van der Waals surface area contributed by atoms with Gasteiger partial charge in [-0.25, -0.2) is 0 Å². The van der Waals surface area contributed by atoms with Crippen molar-refractivity contribution in [3.63, 3.8) is 0 Å². The Morgan fingerprint density at radius 1 is 1.20 bits per heavy atom. The third kappa shape index (κ3) is 4.96. The van der Waals surface area contributed by atoms with Gasteiger partial charge in [0, 0.05) is 6.04 Å². The van der Waals surface area contributed by atoms with E-state index < -0.39 is 0 Å². The van der Waals surface area contributed by atoms with Crippen LogP contribution in [0, 0.1) is 5.92 Å². The highest BCUT2D eigenvalue weighted by Crippen LogP contribution is 2.03. The van der Waals surface area contributed by atoms with E-state index in [0.29, 0.717) is 5.92 Å². The summed E-state index contributed by atoms with van der Waals surface area (Å²) in [6.45, 7) is 5.49. The lowest BCUT2D eigenvalue weighted by Crippen LogP contribution is -2.36. The third-order valence-electron chi connectivity index (χ3n) is 2.36. The Bertz CT molecular complexity index is 258. The predicted octanol–water partition coefficient (Wildman–Crippen LogP) is 1.84. The molecule has 0 radical (unpaired) electrons. The Hall–Kier alpha value is -0.860. The highest BCUT2D eigenvalue weighted by atomic mass is 16.3. The van der Waals surface area contributed by atoms with Gasteiger partial charge in [0.2, 0.25) is 0 Å². The molecule has 0 aliphatic rings. The van der Waals surface area contributed by atoms with Gasteiger partial charge in [0.25, 0.3) is 0 Å². The summed E-state index contributed by atoms with van der Waals surface area (Å²) in [6.07, 6.45) is 0.893. The predicted molar refractivity (Wildman–Crippen MR) is 63.9 cm³/mol. The van der Waals surface area contributed by atoms with Crippen molar-refractivity contribution >= 4 is 0 Å². The molecular formula is C13H21NO. The highest BCUT2D eigenvalue weighted by molar-refractivity contribution is 5.15. The highest BCUT2D eigenvalue weighted by Gasteiger charge is 2.07.